The molecule has 0 spiro atoms. The number of hydrogen-bond acceptors (Lipinski definition) is 3. The third-order valence-electron chi connectivity index (χ3n) is 4.01. The summed E-state index contributed by atoms with van der Waals surface area (Å²) in [6, 6.07) is 15.7. The molecule has 0 bridgehead atoms. The third kappa shape index (κ3) is 5.52. The van der Waals surface area contributed by atoms with Crippen molar-refractivity contribution >= 4 is 11.5 Å². The van der Waals surface area contributed by atoms with Gasteiger partial charge in [0.25, 0.3) is 5.69 Å². The van der Waals surface area contributed by atoms with Crippen LogP contribution in [-0.2, 0) is 13.0 Å². The normalized spacial score (nSPS) is 10.1. The Kier molecular flexibility index (Phi) is 6.90. The Balaban J connectivity index is 0.00000261. The van der Waals surface area contributed by atoms with Gasteiger partial charge in [0, 0.05) is 29.8 Å². The zero-order valence-corrected chi connectivity index (χ0v) is 15.8. The number of aromatic nitrogens is 1. The van der Waals surface area contributed by atoms with Gasteiger partial charge in [-0.25, -0.2) is 4.39 Å². The van der Waals surface area contributed by atoms with Crippen LogP contribution in [0.25, 0.3) is 0 Å². The third-order valence-corrected chi connectivity index (χ3v) is 4.01. The first-order valence-corrected chi connectivity index (χ1v) is 8.01. The molecule has 0 N–H and O–H groups in total. The summed E-state index contributed by atoms with van der Waals surface area (Å²) >= 11 is 0. The van der Waals surface area contributed by atoms with E-state index in [0.29, 0.717) is 12.0 Å². The number of nitro groups is 1. The van der Waals surface area contributed by atoms with Crippen molar-refractivity contribution in [3.63, 3.8) is 0 Å². The highest BCUT2D eigenvalue weighted by Crippen LogP contribution is 2.14. The topological polar surface area (TPSA) is 64.1 Å². The predicted molar refractivity (Wildman–Crippen MR) is 93.3 cm³/mol. The van der Waals surface area contributed by atoms with Gasteiger partial charge in [-0.05, 0) is 41.8 Å². The molecule has 5 nitrogen and oxygen atoms in total. The predicted octanol–water partition coefficient (Wildman–Crippen LogP) is 0.499. The van der Waals surface area contributed by atoms with Crippen LogP contribution in [0.1, 0.15) is 21.5 Å². The van der Waals surface area contributed by atoms with Crippen molar-refractivity contribution in [1.29, 1.82) is 0 Å². The molecule has 0 aliphatic rings. The summed E-state index contributed by atoms with van der Waals surface area (Å²) in [4.78, 5) is 22.4. The highest BCUT2D eigenvalue weighted by Gasteiger charge is 2.12. The van der Waals surface area contributed by atoms with Gasteiger partial charge in [-0.1, -0.05) is 12.1 Å². The van der Waals surface area contributed by atoms with E-state index >= 15 is 0 Å². The zero-order chi connectivity index (χ0) is 18.5. The van der Waals surface area contributed by atoms with E-state index in [9.17, 15) is 19.3 Å². The van der Waals surface area contributed by atoms with Crippen LogP contribution in [0, 0.1) is 15.9 Å². The zero-order valence-electron chi connectivity index (χ0n) is 14.2. The maximum atomic E-state index is 12.9. The average molecular weight is 431 g/mol. The summed E-state index contributed by atoms with van der Waals surface area (Å²) < 4.78 is 14.7. The van der Waals surface area contributed by atoms with E-state index in [1.807, 2.05) is 24.5 Å². The van der Waals surface area contributed by atoms with E-state index in [0.717, 1.165) is 11.1 Å². The van der Waals surface area contributed by atoms with Gasteiger partial charge in [0.15, 0.2) is 12.4 Å². The van der Waals surface area contributed by atoms with Crippen molar-refractivity contribution in [2.45, 2.75) is 13.0 Å². The minimum Gasteiger partial charge on any atom is -1.00 e. The van der Waals surface area contributed by atoms with Gasteiger partial charge in [0.1, 0.15) is 5.82 Å². The number of nitrogens with zero attached hydrogens (tertiary/aromatic N) is 2. The number of nitro benzene ring substituents is 1. The van der Waals surface area contributed by atoms with E-state index in [4.69, 9.17) is 0 Å². The molecule has 3 aromatic rings. The lowest BCUT2D eigenvalue weighted by Gasteiger charge is -2.02. The lowest BCUT2D eigenvalue weighted by molar-refractivity contribution is -0.683. The standard InChI is InChI=1S/C20H16FN2O3.BrH/c21-18-5-3-17(4-6-18)20(24)14-22-11-9-16(10-12-22)13-15-1-7-19(8-2-15)23(25)26;/h1-12H,13-14H2;1H/q+1;/p-1. The Hall–Kier alpha value is -2.93. The van der Waals surface area contributed by atoms with E-state index in [1.54, 1.807) is 16.7 Å². The van der Waals surface area contributed by atoms with Crippen LogP contribution in [0.2, 0.25) is 0 Å². The molecule has 0 fully saturated rings. The maximum Gasteiger partial charge on any atom is 0.269 e. The summed E-state index contributed by atoms with van der Waals surface area (Å²) in [6.07, 6.45) is 4.26. The number of carbonyl (C=O) groups is 1. The Morgan fingerprint density at radius 1 is 0.926 bits per heavy atom. The number of rotatable bonds is 6. The summed E-state index contributed by atoms with van der Waals surface area (Å²) in [5.41, 5.74) is 2.54. The number of hydrogen-bond donors (Lipinski definition) is 0. The Morgan fingerprint density at radius 3 is 2.04 bits per heavy atom. The molecule has 0 atom stereocenters. The van der Waals surface area contributed by atoms with Crippen LogP contribution in [0.5, 0.6) is 0 Å². The van der Waals surface area contributed by atoms with E-state index in [1.165, 1.54) is 36.4 Å². The van der Waals surface area contributed by atoms with Crippen molar-refractivity contribution in [2.75, 3.05) is 0 Å². The van der Waals surface area contributed by atoms with Gasteiger partial charge in [-0.3, -0.25) is 14.9 Å². The summed E-state index contributed by atoms with van der Waals surface area (Å²) in [5, 5.41) is 10.7. The molecule has 0 saturated carbocycles. The van der Waals surface area contributed by atoms with Gasteiger partial charge in [-0.15, -0.1) is 0 Å². The molecule has 27 heavy (non-hydrogen) atoms. The van der Waals surface area contributed by atoms with Gasteiger partial charge >= 0.3 is 0 Å². The molecule has 0 unspecified atom stereocenters. The second kappa shape index (κ2) is 9.14. The Morgan fingerprint density at radius 2 is 1.48 bits per heavy atom. The first-order valence-electron chi connectivity index (χ1n) is 8.01. The summed E-state index contributed by atoms with van der Waals surface area (Å²) in [7, 11) is 0. The number of carbonyl (C=O) groups excluding carboxylic acids is 1. The van der Waals surface area contributed by atoms with Crippen molar-refractivity contribution in [2.24, 2.45) is 0 Å². The van der Waals surface area contributed by atoms with Crippen molar-refractivity contribution in [3.8, 4) is 0 Å². The molecule has 138 valence electrons. The quantitative estimate of drug-likeness (QED) is 0.247. The first kappa shape index (κ1) is 20.4. The van der Waals surface area contributed by atoms with E-state index in [2.05, 4.69) is 0 Å². The number of ketones is 1. The second-order valence-corrected chi connectivity index (χ2v) is 5.91. The van der Waals surface area contributed by atoms with Crippen LogP contribution < -0.4 is 21.5 Å². The SMILES string of the molecule is O=C(C[n+]1ccc(Cc2ccc([N+](=O)[O-])cc2)cc1)c1ccc(F)cc1.[Br-]. The number of Topliss-reactive ketones (excluding diaryl/α,β-unsaturated/α-hetero) is 1. The molecule has 7 heteroatoms. The van der Waals surface area contributed by atoms with E-state index in [-0.39, 0.29) is 40.8 Å². The Bertz CT molecular complexity index is 927. The number of pyridine rings is 1. The Labute approximate surface area is 166 Å². The summed E-state index contributed by atoms with van der Waals surface area (Å²) in [5.74, 6) is -0.470. The fraction of sp³-hybridized carbons (Fsp3) is 0.100. The van der Waals surface area contributed by atoms with Crippen molar-refractivity contribution < 1.29 is 35.7 Å². The molecule has 0 aliphatic carbocycles. The molecule has 2 aromatic carbocycles. The molecular weight excluding hydrogens is 415 g/mol. The number of benzene rings is 2. The lowest BCUT2D eigenvalue weighted by Crippen LogP contribution is -3.00. The highest BCUT2D eigenvalue weighted by molar-refractivity contribution is 5.94. The molecular formula is C20H16BrFN2O3. The lowest BCUT2D eigenvalue weighted by atomic mass is 10.1. The maximum absolute atomic E-state index is 12.9. The van der Waals surface area contributed by atoms with Gasteiger partial charge in [0.2, 0.25) is 12.3 Å². The minimum absolute atomic E-state index is 0. The van der Waals surface area contributed by atoms with Crippen LogP contribution in [-0.4, -0.2) is 10.7 Å². The van der Waals surface area contributed by atoms with Crippen LogP contribution in [0.3, 0.4) is 0 Å². The average Bonchev–Trinajstić information content (AvgIpc) is 2.64. The largest absolute Gasteiger partial charge is 1.00 e. The van der Waals surface area contributed by atoms with E-state index < -0.39 is 4.92 Å². The van der Waals surface area contributed by atoms with Crippen molar-refractivity contribution in [1.82, 2.24) is 0 Å². The number of halogens is 2. The highest BCUT2D eigenvalue weighted by atomic mass is 79.9. The molecule has 0 radical (unpaired) electrons. The van der Waals surface area contributed by atoms with Gasteiger partial charge < -0.3 is 17.0 Å². The van der Waals surface area contributed by atoms with Crippen molar-refractivity contribution in [3.05, 3.63) is 106 Å². The first-order chi connectivity index (χ1) is 12.5. The molecule has 3 rings (SSSR count). The van der Waals surface area contributed by atoms with Gasteiger partial charge in [0.05, 0.1) is 4.92 Å². The van der Waals surface area contributed by atoms with Crippen LogP contribution in [0.4, 0.5) is 10.1 Å². The monoisotopic (exact) mass is 430 g/mol. The number of non-ortho nitro benzene ring substituents is 1. The minimum atomic E-state index is -0.423. The fourth-order valence-corrected chi connectivity index (χ4v) is 2.58. The molecule has 0 aliphatic heterocycles. The fourth-order valence-electron chi connectivity index (χ4n) is 2.58. The molecule has 0 saturated heterocycles. The molecule has 0 amide bonds. The smallest absolute Gasteiger partial charge is 0.269 e. The molecule has 1 heterocycles. The molecule has 1 aromatic heterocycles. The second-order valence-electron chi connectivity index (χ2n) is 5.91. The van der Waals surface area contributed by atoms with Crippen LogP contribution in [0.15, 0.2) is 73.1 Å². The van der Waals surface area contributed by atoms with Crippen LogP contribution >= 0.6 is 0 Å². The van der Waals surface area contributed by atoms with Gasteiger partial charge in [-0.2, -0.15) is 4.57 Å². The summed E-state index contributed by atoms with van der Waals surface area (Å²) in [6.45, 7) is 0.170.